The van der Waals surface area contributed by atoms with Crippen molar-refractivity contribution < 1.29 is 24.2 Å². The second kappa shape index (κ2) is 11.6. The normalized spacial score (nSPS) is 27.0. The van der Waals surface area contributed by atoms with Crippen molar-refractivity contribution in [1.82, 2.24) is 24.8 Å². The number of likely N-dealkylation sites (tertiary alicyclic amines) is 1. The van der Waals surface area contributed by atoms with Crippen LogP contribution >= 0.6 is 0 Å². The molecule has 5 atom stereocenters. The molecule has 44 heavy (non-hydrogen) atoms. The van der Waals surface area contributed by atoms with Crippen molar-refractivity contribution in [3.63, 3.8) is 0 Å². The minimum atomic E-state index is -1.20. The third-order valence-electron chi connectivity index (χ3n) is 9.37. The third-order valence-corrected chi connectivity index (χ3v) is 9.37. The first-order valence-corrected chi connectivity index (χ1v) is 15.1. The fourth-order valence-corrected chi connectivity index (χ4v) is 7.52. The molecular weight excluding hydrogens is 560 g/mol. The Bertz CT molecular complexity index is 1590. The lowest BCUT2D eigenvalue weighted by atomic mass is 9.66. The van der Waals surface area contributed by atoms with Gasteiger partial charge < -0.3 is 24.5 Å². The van der Waals surface area contributed by atoms with Gasteiger partial charge in [-0.2, -0.15) is 0 Å². The quantitative estimate of drug-likeness (QED) is 0.318. The van der Waals surface area contributed by atoms with E-state index in [1.807, 2.05) is 61.5 Å². The molecule has 6 rings (SSSR count). The number of amides is 3. The highest BCUT2D eigenvalue weighted by atomic mass is 16.5. The number of aliphatic hydroxyl groups is 1. The van der Waals surface area contributed by atoms with Crippen LogP contribution in [-0.2, 0) is 25.8 Å². The number of benzene rings is 2. The van der Waals surface area contributed by atoms with Gasteiger partial charge in [-0.15, -0.1) is 18.3 Å². The summed E-state index contributed by atoms with van der Waals surface area (Å²) in [5.74, 6) is -2.50. The van der Waals surface area contributed by atoms with Crippen LogP contribution in [0.1, 0.15) is 26.2 Å². The average molecular weight is 599 g/mol. The molecule has 3 aromatic rings. The molecule has 3 saturated heterocycles. The second-order valence-electron chi connectivity index (χ2n) is 12.0. The van der Waals surface area contributed by atoms with Crippen LogP contribution in [0, 0.1) is 11.8 Å². The van der Waals surface area contributed by atoms with E-state index in [-0.39, 0.29) is 57.1 Å². The van der Waals surface area contributed by atoms with Crippen LogP contribution in [0.4, 0.5) is 5.69 Å². The van der Waals surface area contributed by atoms with E-state index in [0.29, 0.717) is 24.0 Å². The monoisotopic (exact) mass is 598 g/mol. The fourth-order valence-electron chi connectivity index (χ4n) is 7.52. The zero-order chi connectivity index (χ0) is 31.1. The highest BCUT2D eigenvalue weighted by molar-refractivity contribution is 6.03. The molecular formula is C33H38N6O5. The Hall–Kier alpha value is -4.35. The molecule has 1 spiro atoms. The smallest absolute Gasteiger partial charge is 0.250 e. The molecule has 2 aromatic carbocycles. The average Bonchev–Trinajstić information content (AvgIpc) is 3.74. The highest BCUT2D eigenvalue weighted by Crippen LogP contribution is 2.63. The van der Waals surface area contributed by atoms with Crippen LogP contribution in [0.2, 0.25) is 0 Å². The van der Waals surface area contributed by atoms with Crippen LogP contribution in [-0.4, -0.2) is 91.1 Å². The van der Waals surface area contributed by atoms with E-state index >= 15 is 0 Å². The van der Waals surface area contributed by atoms with Gasteiger partial charge in [-0.25, -0.2) is 4.68 Å². The zero-order valence-electron chi connectivity index (χ0n) is 24.9. The highest BCUT2D eigenvalue weighted by Gasteiger charge is 2.78. The van der Waals surface area contributed by atoms with Gasteiger partial charge in [-0.05, 0) is 50.5 Å². The van der Waals surface area contributed by atoms with E-state index in [9.17, 15) is 19.5 Å². The number of hydrogen-bond donors (Lipinski definition) is 1. The van der Waals surface area contributed by atoms with Crippen LogP contribution in [0.5, 0.6) is 0 Å². The van der Waals surface area contributed by atoms with Gasteiger partial charge in [-0.1, -0.05) is 47.7 Å². The van der Waals surface area contributed by atoms with Crippen molar-refractivity contribution in [2.45, 2.75) is 50.1 Å². The number of aromatic nitrogens is 3. The van der Waals surface area contributed by atoms with Gasteiger partial charge in [-0.3, -0.25) is 14.4 Å². The second-order valence-corrected chi connectivity index (χ2v) is 12.0. The first kappa shape index (κ1) is 29.7. The summed E-state index contributed by atoms with van der Waals surface area (Å²) in [6.45, 7) is 10.2. The molecule has 3 fully saturated rings. The van der Waals surface area contributed by atoms with Crippen molar-refractivity contribution in [3.8, 4) is 0 Å². The predicted molar refractivity (Wildman–Crippen MR) is 164 cm³/mol. The molecule has 1 aromatic heterocycles. The van der Waals surface area contributed by atoms with Crippen molar-refractivity contribution in [2.75, 3.05) is 31.1 Å². The number of para-hydroxylation sites is 2. The SMILES string of the molecule is C=CCN(Cn1nnc2ccccc21)C(=O)C1N(CCCO)C(=O)[C@@H]2[C@H](C(=O)N(CC=C)c3ccccc3)[C@]3(C)CCC12O3. The van der Waals surface area contributed by atoms with Crippen LogP contribution in [0.25, 0.3) is 11.0 Å². The number of carbonyl (C=O) groups excluding carboxylic acids is 3. The summed E-state index contributed by atoms with van der Waals surface area (Å²) in [5.41, 5.74) is 0.0412. The number of fused-ring (bicyclic) bond motifs is 2. The van der Waals surface area contributed by atoms with Gasteiger partial charge in [0, 0.05) is 31.9 Å². The van der Waals surface area contributed by atoms with Crippen molar-refractivity contribution >= 4 is 34.4 Å². The Balaban J connectivity index is 1.39. The predicted octanol–water partition coefficient (Wildman–Crippen LogP) is 2.77. The number of rotatable bonds is 12. The fraction of sp³-hybridized carbons (Fsp3) is 0.424. The molecule has 2 bridgehead atoms. The third kappa shape index (κ3) is 4.62. The first-order valence-electron chi connectivity index (χ1n) is 15.1. The molecule has 0 saturated carbocycles. The van der Waals surface area contributed by atoms with Gasteiger partial charge in [0.25, 0.3) is 0 Å². The van der Waals surface area contributed by atoms with E-state index in [2.05, 4.69) is 23.5 Å². The maximum Gasteiger partial charge on any atom is 0.250 e. The van der Waals surface area contributed by atoms with E-state index in [4.69, 9.17) is 4.74 Å². The number of nitrogens with zero attached hydrogens (tertiary/aromatic N) is 6. The minimum Gasteiger partial charge on any atom is -0.396 e. The van der Waals surface area contributed by atoms with Crippen LogP contribution < -0.4 is 4.90 Å². The summed E-state index contributed by atoms with van der Waals surface area (Å²) in [5, 5.41) is 18.2. The summed E-state index contributed by atoms with van der Waals surface area (Å²) in [7, 11) is 0. The van der Waals surface area contributed by atoms with Gasteiger partial charge in [0.2, 0.25) is 17.7 Å². The Kier molecular flexibility index (Phi) is 7.85. The molecule has 3 aliphatic heterocycles. The molecule has 3 aliphatic rings. The van der Waals surface area contributed by atoms with E-state index < -0.39 is 29.1 Å². The number of aliphatic hydroxyl groups excluding tert-OH is 1. The molecule has 11 nitrogen and oxygen atoms in total. The van der Waals surface area contributed by atoms with Gasteiger partial charge in [0.05, 0.1) is 23.0 Å². The first-order chi connectivity index (χ1) is 21.3. The minimum absolute atomic E-state index is 0.0887. The van der Waals surface area contributed by atoms with Gasteiger partial charge in [0.1, 0.15) is 23.8 Å². The van der Waals surface area contributed by atoms with Crippen LogP contribution in [0.3, 0.4) is 0 Å². The Morgan fingerprint density at radius 3 is 2.52 bits per heavy atom. The van der Waals surface area contributed by atoms with Gasteiger partial charge >= 0.3 is 0 Å². The standard InChI is InChI=1S/C33H38N6O5/c1-4-18-36(22-39-25-15-10-9-14-24(25)34-35-39)31(43)28-33-17-16-32(3,44-33)26(27(33)30(42)38(28)20-11-21-40)29(41)37(19-5-2)23-12-7-6-8-13-23/h4-10,12-15,26-28,40H,1-2,11,16-22H2,3H3/t26-,27+,28?,32+,33?/m1/s1. The maximum absolute atomic E-state index is 14.7. The topological polar surface area (TPSA) is 121 Å². The lowest BCUT2D eigenvalue weighted by Crippen LogP contribution is -2.56. The number of hydrogen-bond acceptors (Lipinski definition) is 7. The van der Waals surface area contributed by atoms with Crippen LogP contribution in [0.15, 0.2) is 79.9 Å². The zero-order valence-corrected chi connectivity index (χ0v) is 24.9. The lowest BCUT2D eigenvalue weighted by Gasteiger charge is -2.36. The summed E-state index contributed by atoms with van der Waals surface area (Å²) in [6.07, 6.45) is 4.56. The molecule has 0 aliphatic carbocycles. The summed E-state index contributed by atoms with van der Waals surface area (Å²) >= 11 is 0. The maximum atomic E-state index is 14.7. The molecule has 2 unspecified atom stereocenters. The molecule has 3 amide bonds. The lowest BCUT2D eigenvalue weighted by molar-refractivity contribution is -0.152. The number of ether oxygens (including phenoxy) is 1. The molecule has 230 valence electrons. The van der Waals surface area contributed by atoms with Gasteiger partial charge in [0.15, 0.2) is 0 Å². The molecule has 0 radical (unpaired) electrons. The van der Waals surface area contributed by atoms with E-state index in [1.165, 1.54) is 4.90 Å². The Morgan fingerprint density at radius 2 is 1.80 bits per heavy atom. The molecule has 1 N–H and O–H groups in total. The molecule has 4 heterocycles. The Morgan fingerprint density at radius 1 is 1.07 bits per heavy atom. The summed E-state index contributed by atoms with van der Waals surface area (Å²) in [6, 6.07) is 15.8. The van der Waals surface area contributed by atoms with E-state index in [0.717, 1.165) is 5.52 Å². The van der Waals surface area contributed by atoms with Crippen molar-refractivity contribution in [2.24, 2.45) is 11.8 Å². The van der Waals surface area contributed by atoms with E-state index in [1.54, 1.807) is 26.6 Å². The van der Waals surface area contributed by atoms with Crippen molar-refractivity contribution in [1.29, 1.82) is 0 Å². The largest absolute Gasteiger partial charge is 0.396 e. The molecule has 11 heteroatoms. The van der Waals surface area contributed by atoms with Crippen molar-refractivity contribution in [3.05, 3.63) is 79.9 Å². The number of carbonyl (C=O) groups is 3. The summed E-state index contributed by atoms with van der Waals surface area (Å²) in [4.78, 5) is 48.3. The summed E-state index contributed by atoms with van der Waals surface area (Å²) < 4.78 is 8.46. The Labute approximate surface area is 256 Å². The number of anilines is 1.